The predicted molar refractivity (Wildman–Crippen MR) is 64.9 cm³/mol. The molecule has 6 nitrogen and oxygen atoms in total. The highest BCUT2D eigenvalue weighted by Gasteiger charge is 2.33. The molecule has 1 atom stereocenters. The van der Waals surface area contributed by atoms with Crippen LogP contribution in [0.25, 0.3) is 0 Å². The maximum absolute atomic E-state index is 11.8. The van der Waals surface area contributed by atoms with E-state index in [0.29, 0.717) is 25.8 Å². The third-order valence-electron chi connectivity index (χ3n) is 3.14. The maximum atomic E-state index is 11.8. The Morgan fingerprint density at radius 2 is 1.94 bits per heavy atom. The van der Waals surface area contributed by atoms with Crippen molar-refractivity contribution < 1.29 is 19.5 Å². The van der Waals surface area contributed by atoms with Gasteiger partial charge in [-0.3, -0.25) is 9.59 Å². The summed E-state index contributed by atoms with van der Waals surface area (Å²) in [6.07, 6.45) is 2.30. The third-order valence-corrected chi connectivity index (χ3v) is 3.14. The van der Waals surface area contributed by atoms with E-state index in [1.54, 1.807) is 14.1 Å². The second-order valence-corrected chi connectivity index (χ2v) is 4.73. The lowest BCUT2D eigenvalue weighted by Gasteiger charge is -2.21. The third kappa shape index (κ3) is 3.72. The number of nitrogens with zero attached hydrogens (tertiary/aromatic N) is 2. The van der Waals surface area contributed by atoms with E-state index in [1.165, 1.54) is 9.80 Å². The van der Waals surface area contributed by atoms with Crippen molar-refractivity contribution in [2.45, 2.75) is 38.1 Å². The average Bonchev–Trinajstić information content (AvgIpc) is 2.77. The highest BCUT2D eigenvalue weighted by atomic mass is 16.4. The fraction of sp³-hybridized carbons (Fsp3) is 0.750. The molecule has 0 saturated carbocycles. The zero-order valence-corrected chi connectivity index (χ0v) is 10.9. The number of carboxylic acid groups (broad SMARTS) is 1. The summed E-state index contributed by atoms with van der Waals surface area (Å²) in [5, 5.41) is 8.96. The molecule has 1 fully saturated rings. The van der Waals surface area contributed by atoms with Crippen LogP contribution in [0.4, 0.5) is 0 Å². The van der Waals surface area contributed by atoms with Gasteiger partial charge in [0.2, 0.25) is 11.8 Å². The first-order valence-corrected chi connectivity index (χ1v) is 6.16. The van der Waals surface area contributed by atoms with Gasteiger partial charge in [-0.2, -0.15) is 0 Å². The Morgan fingerprint density at radius 3 is 2.50 bits per heavy atom. The second kappa shape index (κ2) is 6.37. The molecule has 18 heavy (non-hydrogen) atoms. The molecule has 0 unspecified atom stereocenters. The smallest absolute Gasteiger partial charge is 0.326 e. The van der Waals surface area contributed by atoms with E-state index in [9.17, 15) is 14.4 Å². The normalized spacial score (nSPS) is 18.8. The molecule has 1 N–H and O–H groups in total. The topological polar surface area (TPSA) is 77.9 Å². The number of rotatable bonds is 5. The highest BCUT2D eigenvalue weighted by Crippen LogP contribution is 2.19. The first-order valence-electron chi connectivity index (χ1n) is 6.16. The van der Waals surface area contributed by atoms with Gasteiger partial charge < -0.3 is 14.9 Å². The van der Waals surface area contributed by atoms with Crippen LogP contribution in [0.3, 0.4) is 0 Å². The van der Waals surface area contributed by atoms with Gasteiger partial charge in [0.1, 0.15) is 6.04 Å². The minimum atomic E-state index is -0.940. The molecule has 1 aliphatic rings. The van der Waals surface area contributed by atoms with Crippen molar-refractivity contribution >= 4 is 17.8 Å². The number of hydrogen-bond acceptors (Lipinski definition) is 3. The van der Waals surface area contributed by atoms with Gasteiger partial charge in [0.15, 0.2) is 0 Å². The molecule has 0 radical (unpaired) electrons. The molecule has 1 aliphatic heterocycles. The van der Waals surface area contributed by atoms with Crippen molar-refractivity contribution in [3.8, 4) is 0 Å². The molecule has 0 spiro atoms. The predicted octanol–water partition coefficient (Wildman–Crippen LogP) is 0.320. The molecule has 0 aromatic rings. The Hall–Kier alpha value is -1.59. The number of amides is 2. The largest absolute Gasteiger partial charge is 0.480 e. The maximum Gasteiger partial charge on any atom is 0.326 e. The van der Waals surface area contributed by atoms with Crippen LogP contribution in [0.1, 0.15) is 32.1 Å². The Morgan fingerprint density at radius 1 is 1.28 bits per heavy atom. The molecule has 0 aromatic heterocycles. The van der Waals surface area contributed by atoms with Crippen LogP contribution in [0, 0.1) is 0 Å². The lowest BCUT2D eigenvalue weighted by molar-refractivity contribution is -0.148. The quantitative estimate of drug-likeness (QED) is 0.768. The van der Waals surface area contributed by atoms with Gasteiger partial charge in [-0.15, -0.1) is 0 Å². The number of carboxylic acids is 1. The number of likely N-dealkylation sites (tertiary alicyclic amines) is 1. The Balaban J connectivity index is 2.37. The number of aliphatic carboxylic acids is 1. The van der Waals surface area contributed by atoms with Crippen molar-refractivity contribution in [2.24, 2.45) is 0 Å². The highest BCUT2D eigenvalue weighted by molar-refractivity contribution is 5.84. The van der Waals surface area contributed by atoms with E-state index in [-0.39, 0.29) is 18.2 Å². The molecule has 0 aliphatic carbocycles. The summed E-state index contributed by atoms with van der Waals surface area (Å²) in [6, 6.07) is -0.679. The summed E-state index contributed by atoms with van der Waals surface area (Å²) in [5.41, 5.74) is 0. The van der Waals surface area contributed by atoms with Gasteiger partial charge >= 0.3 is 5.97 Å². The Kier molecular flexibility index (Phi) is 5.12. The number of carbonyl (C=O) groups excluding carboxylic acids is 2. The van der Waals surface area contributed by atoms with Gasteiger partial charge in [-0.1, -0.05) is 0 Å². The zero-order valence-electron chi connectivity index (χ0n) is 10.9. The Labute approximate surface area is 107 Å². The van der Waals surface area contributed by atoms with E-state index in [4.69, 9.17) is 5.11 Å². The number of carbonyl (C=O) groups is 3. The van der Waals surface area contributed by atoms with Crippen LogP contribution in [0.5, 0.6) is 0 Å². The first-order chi connectivity index (χ1) is 8.43. The lowest BCUT2D eigenvalue weighted by atomic mass is 10.2. The molecule has 1 saturated heterocycles. The standard InChI is InChI=1S/C12H20N2O4/c1-13(2)10(15)6-3-7-11(16)14-8-4-5-9(14)12(17)18/h9H,3-8H2,1-2H3,(H,17,18)/t9-/m1/s1. The van der Waals surface area contributed by atoms with Crippen LogP contribution >= 0.6 is 0 Å². The van der Waals surface area contributed by atoms with E-state index in [0.717, 1.165) is 6.42 Å². The van der Waals surface area contributed by atoms with Gasteiger partial charge in [-0.25, -0.2) is 4.79 Å². The lowest BCUT2D eigenvalue weighted by Crippen LogP contribution is -2.40. The fourth-order valence-corrected chi connectivity index (χ4v) is 2.08. The summed E-state index contributed by atoms with van der Waals surface area (Å²) in [6.45, 7) is 0.511. The monoisotopic (exact) mass is 256 g/mol. The summed E-state index contributed by atoms with van der Waals surface area (Å²) >= 11 is 0. The molecule has 0 aromatic carbocycles. The van der Waals surface area contributed by atoms with Crippen molar-refractivity contribution in [2.75, 3.05) is 20.6 Å². The van der Waals surface area contributed by atoms with Crippen LogP contribution in [0.2, 0.25) is 0 Å². The molecule has 102 valence electrons. The summed E-state index contributed by atoms with van der Waals surface area (Å²) < 4.78 is 0. The van der Waals surface area contributed by atoms with Crippen LogP contribution in [-0.4, -0.2) is 59.4 Å². The van der Waals surface area contributed by atoms with E-state index in [2.05, 4.69) is 0 Å². The van der Waals surface area contributed by atoms with E-state index in [1.807, 2.05) is 0 Å². The average molecular weight is 256 g/mol. The molecule has 6 heteroatoms. The van der Waals surface area contributed by atoms with Crippen molar-refractivity contribution in [3.05, 3.63) is 0 Å². The van der Waals surface area contributed by atoms with Crippen molar-refractivity contribution in [3.63, 3.8) is 0 Å². The molecule has 1 rings (SSSR count). The van der Waals surface area contributed by atoms with Crippen LogP contribution in [0.15, 0.2) is 0 Å². The van der Waals surface area contributed by atoms with Gasteiger partial charge in [0, 0.05) is 33.5 Å². The molecule has 2 amide bonds. The van der Waals surface area contributed by atoms with Crippen LogP contribution < -0.4 is 0 Å². The van der Waals surface area contributed by atoms with E-state index < -0.39 is 12.0 Å². The van der Waals surface area contributed by atoms with Gasteiger partial charge in [0.25, 0.3) is 0 Å². The summed E-state index contributed by atoms with van der Waals surface area (Å²) in [5.74, 6) is -1.12. The molecule has 1 heterocycles. The van der Waals surface area contributed by atoms with Crippen molar-refractivity contribution in [1.82, 2.24) is 9.80 Å². The molecular weight excluding hydrogens is 236 g/mol. The summed E-state index contributed by atoms with van der Waals surface area (Å²) in [7, 11) is 3.34. The molecule has 0 bridgehead atoms. The van der Waals surface area contributed by atoms with E-state index >= 15 is 0 Å². The minimum Gasteiger partial charge on any atom is -0.480 e. The first kappa shape index (κ1) is 14.5. The number of hydrogen-bond donors (Lipinski definition) is 1. The second-order valence-electron chi connectivity index (χ2n) is 4.73. The Bertz CT molecular complexity index is 341. The summed E-state index contributed by atoms with van der Waals surface area (Å²) in [4.78, 5) is 37.0. The SMILES string of the molecule is CN(C)C(=O)CCCC(=O)N1CCC[C@@H]1C(=O)O. The fourth-order valence-electron chi connectivity index (χ4n) is 2.08. The van der Waals surface area contributed by atoms with Gasteiger partial charge in [0.05, 0.1) is 0 Å². The zero-order chi connectivity index (χ0) is 13.7. The molecular formula is C12H20N2O4. The van der Waals surface area contributed by atoms with Crippen molar-refractivity contribution in [1.29, 1.82) is 0 Å². The minimum absolute atomic E-state index is 0.0148. The van der Waals surface area contributed by atoms with Gasteiger partial charge in [-0.05, 0) is 19.3 Å². The van der Waals surface area contributed by atoms with Crippen LogP contribution in [-0.2, 0) is 14.4 Å².